The van der Waals surface area contributed by atoms with E-state index in [1.54, 1.807) is 0 Å². The molecule has 0 aromatic heterocycles. The molecule has 7 heteroatoms. The van der Waals surface area contributed by atoms with Crippen molar-refractivity contribution in [1.82, 2.24) is 0 Å². The summed E-state index contributed by atoms with van der Waals surface area (Å²) < 4.78 is 36.0. The van der Waals surface area contributed by atoms with E-state index in [-0.39, 0.29) is 6.42 Å². The zero-order chi connectivity index (χ0) is 17.5. The minimum absolute atomic E-state index is 0.119. The Labute approximate surface area is 142 Å². The Morgan fingerprint density at radius 3 is 2.43 bits per heavy atom. The van der Waals surface area contributed by atoms with Gasteiger partial charge in [-0.1, -0.05) is 44.2 Å². The van der Waals surface area contributed by atoms with Gasteiger partial charge in [-0.15, -0.1) is 11.6 Å². The molecule has 1 N–H and O–H groups in total. The molecule has 1 aromatic carbocycles. The van der Waals surface area contributed by atoms with Crippen LogP contribution in [0.5, 0.6) is 0 Å². The van der Waals surface area contributed by atoms with Crippen molar-refractivity contribution in [2.24, 2.45) is 5.41 Å². The van der Waals surface area contributed by atoms with Crippen molar-refractivity contribution < 1.29 is 22.5 Å². The molecule has 0 heterocycles. The Bertz CT molecular complexity index is 586. The van der Waals surface area contributed by atoms with Gasteiger partial charge in [-0.25, -0.2) is 0 Å². The molecule has 0 fully saturated rings. The smallest absolute Gasteiger partial charge is 0.264 e. The number of hydrogen-bond acceptors (Lipinski definition) is 4. The summed E-state index contributed by atoms with van der Waals surface area (Å²) in [4.78, 5) is 11.4. The molecule has 0 aliphatic carbocycles. The van der Waals surface area contributed by atoms with Gasteiger partial charge >= 0.3 is 0 Å². The van der Waals surface area contributed by atoms with Crippen LogP contribution in [-0.2, 0) is 26.3 Å². The first-order valence-electron chi connectivity index (χ1n) is 7.34. The third kappa shape index (κ3) is 7.92. The summed E-state index contributed by atoms with van der Waals surface area (Å²) in [5, 5.41) is -0.477. The molecule has 1 rings (SSSR count). The number of rotatable bonds is 10. The first kappa shape index (κ1) is 20.1. The van der Waals surface area contributed by atoms with Crippen molar-refractivity contribution in [1.29, 1.82) is 0 Å². The topological polar surface area (TPSA) is 80.7 Å². The molecule has 0 saturated heterocycles. The van der Waals surface area contributed by atoms with E-state index in [1.807, 2.05) is 44.2 Å². The van der Waals surface area contributed by atoms with E-state index in [2.05, 4.69) is 0 Å². The minimum Gasteiger partial charge on any atom is -0.366 e. The van der Waals surface area contributed by atoms with Crippen LogP contribution in [0.1, 0.15) is 32.3 Å². The first-order chi connectivity index (χ1) is 10.6. The third-order valence-electron chi connectivity index (χ3n) is 3.60. The number of carbonyl (C=O) groups excluding carboxylic acids is 1. The first-order valence-corrected chi connectivity index (χ1v) is 9.38. The molecule has 0 saturated carbocycles. The highest BCUT2D eigenvalue weighted by Gasteiger charge is 2.32. The number of alkyl halides is 1. The summed E-state index contributed by atoms with van der Waals surface area (Å²) in [6.07, 6.45) is 0.598. The van der Waals surface area contributed by atoms with E-state index >= 15 is 0 Å². The average Bonchev–Trinajstić information content (AvgIpc) is 2.45. The van der Waals surface area contributed by atoms with E-state index in [1.165, 1.54) is 0 Å². The summed E-state index contributed by atoms with van der Waals surface area (Å²) in [5.41, 5.74) is 0.409. The molecule has 5 nitrogen and oxygen atoms in total. The van der Waals surface area contributed by atoms with E-state index in [4.69, 9.17) is 20.9 Å². The van der Waals surface area contributed by atoms with Crippen LogP contribution in [0.25, 0.3) is 0 Å². The maximum absolute atomic E-state index is 11.4. The van der Waals surface area contributed by atoms with Gasteiger partial charge in [0, 0.05) is 5.38 Å². The molecule has 2 unspecified atom stereocenters. The van der Waals surface area contributed by atoms with Crippen molar-refractivity contribution in [2.45, 2.75) is 44.8 Å². The van der Waals surface area contributed by atoms with E-state index in [0.29, 0.717) is 13.0 Å². The Morgan fingerprint density at radius 2 is 1.91 bits per heavy atom. The molecule has 0 amide bonds. The zero-order valence-electron chi connectivity index (χ0n) is 13.3. The number of ether oxygens (including phenoxy) is 1. The van der Waals surface area contributed by atoms with Crippen molar-refractivity contribution in [2.75, 3.05) is 5.75 Å². The van der Waals surface area contributed by atoms with Gasteiger partial charge in [-0.3, -0.25) is 4.55 Å². The predicted octanol–water partition coefficient (Wildman–Crippen LogP) is 3.07. The third-order valence-corrected chi connectivity index (χ3v) is 4.73. The lowest BCUT2D eigenvalue weighted by Crippen LogP contribution is -2.35. The fourth-order valence-electron chi connectivity index (χ4n) is 2.28. The van der Waals surface area contributed by atoms with Gasteiger partial charge in [-0.2, -0.15) is 8.42 Å². The fraction of sp³-hybridized carbons (Fsp3) is 0.562. The lowest BCUT2D eigenvalue weighted by Gasteiger charge is -2.32. The largest absolute Gasteiger partial charge is 0.366 e. The van der Waals surface area contributed by atoms with Gasteiger partial charge in [0.15, 0.2) is 0 Å². The van der Waals surface area contributed by atoms with Crippen LogP contribution in [0.3, 0.4) is 0 Å². The molecule has 130 valence electrons. The molecular formula is C16H23ClO5S. The van der Waals surface area contributed by atoms with Gasteiger partial charge in [0.1, 0.15) is 12.4 Å². The second-order valence-corrected chi connectivity index (χ2v) is 8.41. The Kier molecular flexibility index (Phi) is 7.67. The highest BCUT2D eigenvalue weighted by molar-refractivity contribution is 7.85. The SMILES string of the molecule is CC(C)(CC(Cl)CCS(=O)(=O)O)C(C=O)OCc1ccccc1. The average molecular weight is 363 g/mol. The van der Waals surface area contributed by atoms with E-state index in [0.717, 1.165) is 11.8 Å². The van der Waals surface area contributed by atoms with Crippen LogP contribution < -0.4 is 0 Å². The standard InChI is InChI=1S/C16H23ClO5S/c1-16(2,10-14(17)8-9-23(19,20)21)15(11-18)22-12-13-6-4-3-5-7-13/h3-7,11,14-15H,8-10,12H2,1-2H3,(H,19,20,21). The van der Waals surface area contributed by atoms with Gasteiger partial charge in [0.2, 0.25) is 0 Å². The maximum atomic E-state index is 11.4. The van der Waals surface area contributed by atoms with Crippen LogP contribution in [0.2, 0.25) is 0 Å². The van der Waals surface area contributed by atoms with Crippen molar-refractivity contribution in [3.63, 3.8) is 0 Å². The maximum Gasteiger partial charge on any atom is 0.264 e. The van der Waals surface area contributed by atoms with E-state index < -0.39 is 32.8 Å². The van der Waals surface area contributed by atoms with Crippen LogP contribution in [0.15, 0.2) is 30.3 Å². The molecule has 0 aliphatic rings. The number of halogens is 1. The van der Waals surface area contributed by atoms with Crippen LogP contribution >= 0.6 is 11.6 Å². The fourth-order valence-corrected chi connectivity index (χ4v) is 3.49. The Hall–Kier alpha value is -0.950. The van der Waals surface area contributed by atoms with Crippen LogP contribution in [-0.4, -0.2) is 36.5 Å². The molecule has 1 aromatic rings. The summed E-state index contributed by atoms with van der Waals surface area (Å²) in [5.74, 6) is -0.395. The zero-order valence-corrected chi connectivity index (χ0v) is 14.9. The van der Waals surface area contributed by atoms with Crippen molar-refractivity contribution in [3.8, 4) is 0 Å². The van der Waals surface area contributed by atoms with Gasteiger partial charge < -0.3 is 9.53 Å². The quantitative estimate of drug-likeness (QED) is 0.393. The second-order valence-electron chi connectivity index (χ2n) is 6.22. The van der Waals surface area contributed by atoms with Crippen molar-refractivity contribution in [3.05, 3.63) is 35.9 Å². The van der Waals surface area contributed by atoms with Gasteiger partial charge in [-0.05, 0) is 23.8 Å². The summed E-state index contributed by atoms with van der Waals surface area (Å²) in [6.45, 7) is 4.01. The molecule has 2 atom stereocenters. The number of hydrogen-bond donors (Lipinski definition) is 1. The molecule has 0 aliphatic heterocycles. The Morgan fingerprint density at radius 1 is 1.30 bits per heavy atom. The number of aldehydes is 1. The normalized spacial score (nSPS) is 15.1. The highest BCUT2D eigenvalue weighted by Crippen LogP contribution is 2.32. The van der Waals surface area contributed by atoms with Crippen LogP contribution in [0.4, 0.5) is 0 Å². The van der Waals surface area contributed by atoms with Gasteiger partial charge in [0.25, 0.3) is 10.1 Å². The Balaban J connectivity index is 2.58. The molecular weight excluding hydrogens is 340 g/mol. The molecule has 0 bridgehead atoms. The summed E-state index contributed by atoms with van der Waals surface area (Å²) in [6, 6.07) is 9.50. The summed E-state index contributed by atoms with van der Waals surface area (Å²) >= 11 is 6.14. The lowest BCUT2D eigenvalue weighted by atomic mass is 9.82. The molecule has 23 heavy (non-hydrogen) atoms. The van der Waals surface area contributed by atoms with E-state index in [9.17, 15) is 13.2 Å². The van der Waals surface area contributed by atoms with Crippen molar-refractivity contribution >= 4 is 28.0 Å². The number of carbonyl (C=O) groups is 1. The predicted molar refractivity (Wildman–Crippen MR) is 90.2 cm³/mol. The number of benzene rings is 1. The molecule has 0 radical (unpaired) electrons. The second kappa shape index (κ2) is 8.78. The lowest BCUT2D eigenvalue weighted by molar-refractivity contribution is -0.127. The highest BCUT2D eigenvalue weighted by atomic mass is 35.5. The van der Waals surface area contributed by atoms with Crippen LogP contribution in [0, 0.1) is 5.41 Å². The summed E-state index contributed by atoms with van der Waals surface area (Å²) in [7, 11) is -4.03. The monoisotopic (exact) mass is 362 g/mol. The molecule has 0 spiro atoms. The van der Waals surface area contributed by atoms with Gasteiger partial charge in [0.05, 0.1) is 12.4 Å². The minimum atomic E-state index is -4.03.